The van der Waals surface area contributed by atoms with Crippen LogP contribution in [0.1, 0.15) is 46.5 Å². The summed E-state index contributed by atoms with van der Waals surface area (Å²) >= 11 is 0. The van der Waals surface area contributed by atoms with E-state index in [2.05, 4.69) is 0 Å². The van der Waals surface area contributed by atoms with Crippen LogP contribution in [0.25, 0.3) is 0 Å². The van der Waals surface area contributed by atoms with Crippen molar-refractivity contribution in [2.24, 2.45) is 0 Å². The zero-order valence-corrected chi connectivity index (χ0v) is 13.7. The highest BCUT2D eigenvalue weighted by molar-refractivity contribution is 7.86. The van der Waals surface area contributed by atoms with Crippen molar-refractivity contribution < 1.29 is 22.1 Å². The molecule has 0 aliphatic heterocycles. The Morgan fingerprint density at radius 3 is 2.05 bits per heavy atom. The second kappa shape index (κ2) is 6.30. The third-order valence-corrected chi connectivity index (χ3v) is 3.81. The standard InChI is InChI=1S/C13H25NO5S/c1-13(2,3)18-12(15)14(4)10-6-8-11(9-7-10)19-20(5,16)17/h10-11H,6-9H2,1-5H3/t10-,11+. The molecule has 1 rings (SSSR count). The quantitative estimate of drug-likeness (QED) is 0.747. The van der Waals surface area contributed by atoms with Gasteiger partial charge in [0.1, 0.15) is 5.60 Å². The number of carbonyl (C=O) groups excluding carboxylic acids is 1. The van der Waals surface area contributed by atoms with Crippen LogP contribution < -0.4 is 0 Å². The first-order valence-corrected chi connectivity index (χ1v) is 8.63. The topological polar surface area (TPSA) is 72.9 Å². The van der Waals surface area contributed by atoms with Crippen LogP contribution in [0.5, 0.6) is 0 Å². The molecule has 1 amide bonds. The Kier molecular flexibility index (Phi) is 5.43. The lowest BCUT2D eigenvalue weighted by Crippen LogP contribution is -2.43. The maximum absolute atomic E-state index is 11.9. The van der Waals surface area contributed by atoms with Crippen LogP contribution >= 0.6 is 0 Å². The molecule has 0 N–H and O–H groups in total. The minimum Gasteiger partial charge on any atom is -0.444 e. The lowest BCUT2D eigenvalue weighted by atomic mass is 9.92. The molecule has 6 nitrogen and oxygen atoms in total. The molecule has 0 heterocycles. The zero-order chi connectivity index (χ0) is 15.6. The van der Waals surface area contributed by atoms with Crippen molar-refractivity contribution in [3.63, 3.8) is 0 Å². The van der Waals surface area contributed by atoms with E-state index in [1.54, 1.807) is 11.9 Å². The van der Waals surface area contributed by atoms with Gasteiger partial charge in [0.2, 0.25) is 0 Å². The molecule has 1 aliphatic rings. The normalized spacial score (nSPS) is 24.2. The van der Waals surface area contributed by atoms with Gasteiger partial charge in [-0.25, -0.2) is 4.79 Å². The smallest absolute Gasteiger partial charge is 0.410 e. The number of hydrogen-bond acceptors (Lipinski definition) is 5. The van der Waals surface area contributed by atoms with Crippen LogP contribution in [0.15, 0.2) is 0 Å². The molecule has 0 radical (unpaired) electrons. The van der Waals surface area contributed by atoms with Crippen LogP contribution in [0.3, 0.4) is 0 Å². The highest BCUT2D eigenvalue weighted by Gasteiger charge is 2.30. The highest BCUT2D eigenvalue weighted by atomic mass is 32.2. The Bertz CT molecular complexity index is 432. The van der Waals surface area contributed by atoms with Crippen LogP contribution in [0.4, 0.5) is 4.79 Å². The molecule has 0 atom stereocenters. The van der Waals surface area contributed by atoms with Crippen LogP contribution in [-0.4, -0.2) is 50.5 Å². The Hall–Kier alpha value is -0.820. The second-order valence-electron chi connectivity index (χ2n) is 6.32. The number of rotatable bonds is 3. The van der Waals surface area contributed by atoms with Crippen LogP contribution in [-0.2, 0) is 19.0 Å². The van der Waals surface area contributed by atoms with Crippen molar-refractivity contribution in [1.29, 1.82) is 0 Å². The average molecular weight is 307 g/mol. The van der Waals surface area contributed by atoms with Gasteiger partial charge in [-0.2, -0.15) is 8.42 Å². The maximum Gasteiger partial charge on any atom is 0.410 e. The van der Waals surface area contributed by atoms with Crippen LogP contribution in [0.2, 0.25) is 0 Å². The van der Waals surface area contributed by atoms with E-state index in [9.17, 15) is 13.2 Å². The van der Waals surface area contributed by atoms with Crippen molar-refractivity contribution in [1.82, 2.24) is 4.90 Å². The minimum absolute atomic E-state index is 0.0734. The summed E-state index contributed by atoms with van der Waals surface area (Å²) in [4.78, 5) is 13.5. The maximum atomic E-state index is 11.9. The molecule has 20 heavy (non-hydrogen) atoms. The summed E-state index contributed by atoms with van der Waals surface area (Å²) in [6, 6.07) is 0.0734. The lowest BCUT2D eigenvalue weighted by molar-refractivity contribution is 0.0142. The molecule has 7 heteroatoms. The van der Waals surface area contributed by atoms with Crippen molar-refractivity contribution in [3.05, 3.63) is 0 Å². The molecule has 0 spiro atoms. The van der Waals surface area contributed by atoms with Gasteiger partial charge in [0.05, 0.1) is 12.4 Å². The molecular weight excluding hydrogens is 282 g/mol. The van der Waals surface area contributed by atoms with Crippen molar-refractivity contribution in [3.8, 4) is 0 Å². The molecule has 0 unspecified atom stereocenters. The molecular formula is C13H25NO5S. The fourth-order valence-electron chi connectivity index (χ4n) is 2.26. The highest BCUT2D eigenvalue weighted by Crippen LogP contribution is 2.26. The third-order valence-electron chi connectivity index (χ3n) is 3.18. The van der Waals surface area contributed by atoms with E-state index in [1.165, 1.54) is 0 Å². The van der Waals surface area contributed by atoms with Gasteiger partial charge in [0.25, 0.3) is 10.1 Å². The molecule has 0 bridgehead atoms. The Balaban J connectivity index is 2.47. The third kappa shape index (κ3) is 6.09. The van der Waals surface area contributed by atoms with Gasteiger partial charge in [-0.3, -0.25) is 4.18 Å². The number of nitrogens with zero attached hydrogens (tertiary/aromatic N) is 1. The largest absolute Gasteiger partial charge is 0.444 e. The van der Waals surface area contributed by atoms with E-state index < -0.39 is 15.7 Å². The van der Waals surface area contributed by atoms with Gasteiger partial charge in [-0.15, -0.1) is 0 Å². The SMILES string of the molecule is CN(C(=O)OC(C)(C)C)[C@H]1CC[C@@H](OS(C)(=O)=O)CC1. The minimum atomic E-state index is -3.41. The summed E-state index contributed by atoms with van der Waals surface area (Å²) in [7, 11) is -1.69. The first-order chi connectivity index (χ1) is 8.98. The fourth-order valence-corrected chi connectivity index (χ4v) is 2.95. The molecule has 1 aliphatic carbocycles. The first kappa shape index (κ1) is 17.2. The Morgan fingerprint density at radius 1 is 1.15 bits per heavy atom. The number of hydrogen-bond donors (Lipinski definition) is 0. The predicted molar refractivity (Wildman–Crippen MR) is 76.0 cm³/mol. The molecule has 0 aromatic rings. The molecule has 0 aromatic heterocycles. The average Bonchev–Trinajstić information content (AvgIpc) is 2.24. The van der Waals surface area contributed by atoms with Gasteiger partial charge in [0, 0.05) is 13.1 Å². The predicted octanol–water partition coefficient (Wildman–Crippen LogP) is 2.14. The van der Waals surface area contributed by atoms with E-state index in [0.29, 0.717) is 12.8 Å². The molecule has 0 saturated heterocycles. The Morgan fingerprint density at radius 2 is 1.65 bits per heavy atom. The summed E-state index contributed by atoms with van der Waals surface area (Å²) < 4.78 is 32.5. The number of carbonyl (C=O) groups is 1. The van der Waals surface area contributed by atoms with Gasteiger partial charge < -0.3 is 9.64 Å². The molecule has 1 fully saturated rings. The van der Waals surface area contributed by atoms with Crippen molar-refractivity contribution >= 4 is 16.2 Å². The summed E-state index contributed by atoms with van der Waals surface area (Å²) in [5.74, 6) is 0. The number of ether oxygens (including phenoxy) is 1. The second-order valence-corrected chi connectivity index (χ2v) is 7.92. The van der Waals surface area contributed by atoms with E-state index in [0.717, 1.165) is 19.1 Å². The monoisotopic (exact) mass is 307 g/mol. The lowest BCUT2D eigenvalue weighted by Gasteiger charge is -2.35. The fraction of sp³-hybridized carbons (Fsp3) is 0.923. The summed E-state index contributed by atoms with van der Waals surface area (Å²) in [6.07, 6.45) is 3.14. The zero-order valence-electron chi connectivity index (χ0n) is 12.9. The number of amides is 1. The van der Waals surface area contributed by atoms with Crippen molar-refractivity contribution in [2.75, 3.05) is 13.3 Å². The van der Waals surface area contributed by atoms with Gasteiger partial charge in [-0.05, 0) is 46.5 Å². The first-order valence-electron chi connectivity index (χ1n) is 6.82. The molecule has 118 valence electrons. The summed E-state index contributed by atoms with van der Waals surface area (Å²) in [5, 5.41) is 0. The Labute approximate surface area is 121 Å². The van der Waals surface area contributed by atoms with Gasteiger partial charge in [0.15, 0.2) is 0 Å². The molecule has 0 aromatic carbocycles. The van der Waals surface area contributed by atoms with E-state index in [-0.39, 0.29) is 18.2 Å². The molecule has 1 saturated carbocycles. The van der Waals surface area contributed by atoms with E-state index in [4.69, 9.17) is 8.92 Å². The van der Waals surface area contributed by atoms with Gasteiger partial charge >= 0.3 is 6.09 Å². The van der Waals surface area contributed by atoms with E-state index >= 15 is 0 Å². The van der Waals surface area contributed by atoms with Crippen molar-refractivity contribution in [2.45, 2.75) is 64.2 Å². The summed E-state index contributed by atoms with van der Waals surface area (Å²) in [5.41, 5.74) is -0.512. The van der Waals surface area contributed by atoms with E-state index in [1.807, 2.05) is 20.8 Å². The van der Waals surface area contributed by atoms with Crippen LogP contribution in [0, 0.1) is 0 Å². The summed E-state index contributed by atoms with van der Waals surface area (Å²) in [6.45, 7) is 5.49. The van der Waals surface area contributed by atoms with Gasteiger partial charge in [-0.1, -0.05) is 0 Å².